The largest absolute Gasteiger partial charge is 0.377 e. The average Bonchev–Trinajstić information content (AvgIpc) is 2.41. The minimum atomic E-state index is -0.385. The summed E-state index contributed by atoms with van der Waals surface area (Å²) in [6, 6.07) is 10.5. The summed E-state index contributed by atoms with van der Waals surface area (Å²) in [6.07, 6.45) is 1.75. The van der Waals surface area contributed by atoms with Crippen LogP contribution < -0.4 is 5.32 Å². The number of aryl methyl sites for hydroxylation is 1. The summed E-state index contributed by atoms with van der Waals surface area (Å²) in [5, 5.41) is 14.0. The molecule has 1 N–H and O–H groups in total. The van der Waals surface area contributed by atoms with Gasteiger partial charge in [0.1, 0.15) is 0 Å². The van der Waals surface area contributed by atoms with E-state index < -0.39 is 0 Å². The Labute approximate surface area is 111 Å². The van der Waals surface area contributed by atoms with Crippen LogP contribution in [0.5, 0.6) is 0 Å². The Balaban J connectivity index is 2.15. The molecule has 0 saturated carbocycles. The summed E-state index contributed by atoms with van der Waals surface area (Å²) in [5.41, 5.74) is 2.82. The molecule has 19 heavy (non-hydrogen) atoms. The number of nitrogens with one attached hydrogen (secondary N) is 1. The predicted molar refractivity (Wildman–Crippen MR) is 74.1 cm³/mol. The molecule has 5 nitrogen and oxygen atoms in total. The topological polar surface area (TPSA) is 68.1 Å². The molecule has 98 valence electrons. The number of non-ortho nitro benzene ring substituents is 1. The molecule has 0 bridgehead atoms. The van der Waals surface area contributed by atoms with E-state index in [0.29, 0.717) is 0 Å². The lowest BCUT2D eigenvalue weighted by Crippen LogP contribution is -2.07. The third-order valence-corrected chi connectivity index (χ3v) is 2.88. The molecule has 0 radical (unpaired) electrons. The van der Waals surface area contributed by atoms with E-state index in [9.17, 15) is 10.1 Å². The molecule has 0 aliphatic heterocycles. The number of nitro benzene ring substituents is 1. The van der Waals surface area contributed by atoms with Crippen molar-refractivity contribution < 1.29 is 4.92 Å². The van der Waals surface area contributed by atoms with Crippen molar-refractivity contribution >= 4 is 11.4 Å². The lowest BCUT2D eigenvalue weighted by Gasteiger charge is -2.15. The number of aromatic nitrogens is 1. The van der Waals surface area contributed by atoms with Gasteiger partial charge in [-0.25, -0.2) is 0 Å². The van der Waals surface area contributed by atoms with Crippen LogP contribution in [0.3, 0.4) is 0 Å². The Hall–Kier alpha value is -2.43. The molecular weight excluding hydrogens is 242 g/mol. The number of hydrogen-bond donors (Lipinski definition) is 1. The third kappa shape index (κ3) is 3.28. The maximum Gasteiger partial charge on any atom is 0.269 e. The number of anilines is 1. The molecular formula is C14H15N3O2. The number of benzene rings is 1. The number of nitro groups is 1. The summed E-state index contributed by atoms with van der Waals surface area (Å²) < 4.78 is 0. The zero-order valence-corrected chi connectivity index (χ0v) is 10.8. The maximum absolute atomic E-state index is 10.7. The normalized spacial score (nSPS) is 11.9. The van der Waals surface area contributed by atoms with Gasteiger partial charge in [0.2, 0.25) is 0 Å². The molecule has 0 amide bonds. The molecule has 0 aliphatic rings. The van der Waals surface area contributed by atoms with Gasteiger partial charge in [-0.1, -0.05) is 12.1 Å². The maximum atomic E-state index is 10.7. The molecule has 1 aromatic heterocycles. The fraction of sp³-hybridized carbons (Fsp3) is 0.214. The SMILES string of the molecule is Cc1ccc(NC(C)c2cccc([N+](=O)[O-])c2)cn1. The molecule has 1 unspecified atom stereocenters. The van der Waals surface area contributed by atoms with Crippen LogP contribution in [0.2, 0.25) is 0 Å². The molecule has 0 spiro atoms. The molecule has 0 fully saturated rings. The first-order chi connectivity index (χ1) is 9.06. The van der Waals surface area contributed by atoms with Gasteiger partial charge in [-0.05, 0) is 31.5 Å². The van der Waals surface area contributed by atoms with Crippen molar-refractivity contribution in [2.24, 2.45) is 0 Å². The Morgan fingerprint density at radius 1 is 1.32 bits per heavy atom. The first kappa shape index (κ1) is 13.0. The highest BCUT2D eigenvalue weighted by molar-refractivity contribution is 5.45. The number of pyridine rings is 1. The molecule has 1 heterocycles. The Bertz CT molecular complexity index is 581. The zero-order chi connectivity index (χ0) is 13.8. The van der Waals surface area contributed by atoms with Crippen molar-refractivity contribution in [1.82, 2.24) is 4.98 Å². The van der Waals surface area contributed by atoms with Crippen LogP contribution in [-0.2, 0) is 0 Å². The molecule has 0 saturated heterocycles. The zero-order valence-electron chi connectivity index (χ0n) is 10.8. The number of hydrogen-bond acceptors (Lipinski definition) is 4. The fourth-order valence-electron chi connectivity index (χ4n) is 1.79. The van der Waals surface area contributed by atoms with E-state index >= 15 is 0 Å². The van der Waals surface area contributed by atoms with E-state index in [1.807, 2.05) is 32.0 Å². The molecule has 2 rings (SSSR count). The summed E-state index contributed by atoms with van der Waals surface area (Å²) in [6.45, 7) is 3.88. The van der Waals surface area contributed by atoms with E-state index in [0.717, 1.165) is 16.9 Å². The van der Waals surface area contributed by atoms with Crippen LogP contribution in [0.1, 0.15) is 24.2 Å². The Morgan fingerprint density at radius 3 is 2.74 bits per heavy atom. The van der Waals surface area contributed by atoms with E-state index in [1.165, 1.54) is 6.07 Å². The van der Waals surface area contributed by atoms with Crippen LogP contribution in [0.15, 0.2) is 42.6 Å². The smallest absolute Gasteiger partial charge is 0.269 e. The minimum absolute atomic E-state index is 0.0237. The van der Waals surface area contributed by atoms with Crippen LogP contribution in [0.25, 0.3) is 0 Å². The van der Waals surface area contributed by atoms with Crippen LogP contribution in [-0.4, -0.2) is 9.91 Å². The minimum Gasteiger partial charge on any atom is -0.377 e. The van der Waals surface area contributed by atoms with Gasteiger partial charge in [0.15, 0.2) is 0 Å². The van der Waals surface area contributed by atoms with Crippen LogP contribution >= 0.6 is 0 Å². The van der Waals surface area contributed by atoms with Crippen LogP contribution in [0, 0.1) is 17.0 Å². The highest BCUT2D eigenvalue weighted by Gasteiger charge is 2.10. The Kier molecular flexibility index (Phi) is 3.75. The van der Waals surface area contributed by atoms with E-state index in [2.05, 4.69) is 10.3 Å². The molecule has 1 aromatic carbocycles. The highest BCUT2D eigenvalue weighted by atomic mass is 16.6. The van der Waals surface area contributed by atoms with Gasteiger partial charge in [-0.3, -0.25) is 15.1 Å². The second-order valence-corrected chi connectivity index (χ2v) is 4.41. The second-order valence-electron chi connectivity index (χ2n) is 4.41. The lowest BCUT2D eigenvalue weighted by atomic mass is 10.1. The van der Waals surface area contributed by atoms with Gasteiger partial charge in [-0.2, -0.15) is 0 Å². The molecule has 2 aromatic rings. The number of rotatable bonds is 4. The van der Waals surface area contributed by atoms with Gasteiger partial charge < -0.3 is 5.32 Å². The van der Waals surface area contributed by atoms with Gasteiger partial charge >= 0.3 is 0 Å². The van der Waals surface area contributed by atoms with Gasteiger partial charge in [0, 0.05) is 23.9 Å². The Morgan fingerprint density at radius 2 is 2.11 bits per heavy atom. The van der Waals surface area contributed by atoms with E-state index in [-0.39, 0.29) is 16.7 Å². The monoisotopic (exact) mass is 257 g/mol. The predicted octanol–water partition coefficient (Wildman–Crippen LogP) is 3.47. The van der Waals surface area contributed by atoms with Crippen molar-refractivity contribution in [3.8, 4) is 0 Å². The van der Waals surface area contributed by atoms with Gasteiger partial charge in [0.05, 0.1) is 16.8 Å². The van der Waals surface area contributed by atoms with E-state index in [1.54, 1.807) is 18.3 Å². The van der Waals surface area contributed by atoms with Gasteiger partial charge in [-0.15, -0.1) is 0 Å². The summed E-state index contributed by atoms with van der Waals surface area (Å²) in [7, 11) is 0. The van der Waals surface area contributed by atoms with Crippen molar-refractivity contribution in [3.63, 3.8) is 0 Å². The summed E-state index contributed by atoms with van der Waals surface area (Å²) in [5.74, 6) is 0. The fourth-order valence-corrected chi connectivity index (χ4v) is 1.79. The van der Waals surface area contributed by atoms with Crippen LogP contribution in [0.4, 0.5) is 11.4 Å². The van der Waals surface area contributed by atoms with E-state index in [4.69, 9.17) is 0 Å². The van der Waals surface area contributed by atoms with Crippen molar-refractivity contribution in [3.05, 3.63) is 64.0 Å². The van der Waals surface area contributed by atoms with Crippen molar-refractivity contribution in [2.45, 2.75) is 19.9 Å². The lowest BCUT2D eigenvalue weighted by molar-refractivity contribution is -0.384. The second kappa shape index (κ2) is 5.48. The van der Waals surface area contributed by atoms with Crippen molar-refractivity contribution in [1.29, 1.82) is 0 Å². The first-order valence-electron chi connectivity index (χ1n) is 6.00. The molecule has 5 heteroatoms. The molecule has 1 atom stereocenters. The highest BCUT2D eigenvalue weighted by Crippen LogP contribution is 2.22. The van der Waals surface area contributed by atoms with Gasteiger partial charge in [0.25, 0.3) is 5.69 Å². The standard InChI is InChI=1S/C14H15N3O2/c1-10-6-7-13(9-15-10)16-11(2)12-4-3-5-14(8-12)17(18)19/h3-9,11,16H,1-2H3. The summed E-state index contributed by atoms with van der Waals surface area (Å²) in [4.78, 5) is 14.6. The quantitative estimate of drug-likeness (QED) is 0.672. The molecule has 0 aliphatic carbocycles. The number of nitrogens with zero attached hydrogens (tertiary/aromatic N) is 2. The average molecular weight is 257 g/mol. The first-order valence-corrected chi connectivity index (χ1v) is 6.00. The summed E-state index contributed by atoms with van der Waals surface area (Å²) >= 11 is 0. The third-order valence-electron chi connectivity index (χ3n) is 2.88. The van der Waals surface area contributed by atoms with Crippen molar-refractivity contribution in [2.75, 3.05) is 5.32 Å².